The van der Waals surface area contributed by atoms with Crippen LogP contribution < -0.4 is 5.32 Å². The Kier molecular flexibility index (Phi) is 4.51. The van der Waals surface area contributed by atoms with Crippen molar-refractivity contribution in [2.45, 2.75) is 0 Å². The lowest BCUT2D eigenvalue weighted by molar-refractivity contribution is -0.111. The van der Waals surface area contributed by atoms with Crippen LogP contribution in [0.4, 0.5) is 5.95 Å². The van der Waals surface area contributed by atoms with E-state index in [1.165, 1.54) is 17.4 Å². The SMILES string of the molecule is O=C(/C=C/c1ccccc1Cl)Nc1nc2scc(-c3ccccc3)n2n1. The van der Waals surface area contributed by atoms with E-state index in [2.05, 4.69) is 15.4 Å². The predicted molar refractivity (Wildman–Crippen MR) is 105 cm³/mol. The number of fused-ring (bicyclic) bond motifs is 1. The largest absolute Gasteiger partial charge is 0.290 e. The van der Waals surface area contributed by atoms with Crippen molar-refractivity contribution in [3.05, 3.63) is 76.6 Å². The highest BCUT2D eigenvalue weighted by Crippen LogP contribution is 2.25. The highest BCUT2D eigenvalue weighted by Gasteiger charge is 2.12. The Morgan fingerprint density at radius 3 is 2.69 bits per heavy atom. The average molecular weight is 381 g/mol. The highest BCUT2D eigenvalue weighted by atomic mass is 35.5. The molecular formula is C19H13ClN4OS. The summed E-state index contributed by atoms with van der Waals surface area (Å²) < 4.78 is 1.73. The van der Waals surface area contributed by atoms with Gasteiger partial charge in [0.15, 0.2) is 0 Å². The summed E-state index contributed by atoms with van der Waals surface area (Å²) in [5.41, 5.74) is 2.75. The molecule has 4 aromatic rings. The lowest BCUT2D eigenvalue weighted by Gasteiger charge is -1.98. The zero-order chi connectivity index (χ0) is 17.9. The quantitative estimate of drug-likeness (QED) is 0.519. The minimum atomic E-state index is -0.315. The van der Waals surface area contributed by atoms with Crippen LogP contribution in [0.5, 0.6) is 0 Å². The van der Waals surface area contributed by atoms with Crippen LogP contribution in [0, 0.1) is 0 Å². The first-order valence-corrected chi connectivity index (χ1v) is 9.10. The molecule has 2 aromatic carbocycles. The number of amides is 1. The molecule has 128 valence electrons. The van der Waals surface area contributed by atoms with Crippen molar-refractivity contribution in [1.82, 2.24) is 14.6 Å². The van der Waals surface area contributed by atoms with Gasteiger partial charge in [-0.2, -0.15) is 4.98 Å². The van der Waals surface area contributed by atoms with E-state index in [-0.39, 0.29) is 11.9 Å². The Labute approximate surface area is 158 Å². The van der Waals surface area contributed by atoms with Crippen molar-refractivity contribution in [3.63, 3.8) is 0 Å². The number of carbonyl (C=O) groups is 1. The van der Waals surface area contributed by atoms with Gasteiger partial charge < -0.3 is 0 Å². The van der Waals surface area contributed by atoms with Crippen LogP contribution in [0.15, 0.2) is 66.1 Å². The molecule has 2 heterocycles. The van der Waals surface area contributed by atoms with E-state index in [9.17, 15) is 4.79 Å². The molecule has 0 fully saturated rings. The molecular weight excluding hydrogens is 368 g/mol. The minimum absolute atomic E-state index is 0.267. The molecule has 26 heavy (non-hydrogen) atoms. The van der Waals surface area contributed by atoms with Crippen LogP contribution in [0.3, 0.4) is 0 Å². The maximum absolute atomic E-state index is 12.1. The standard InChI is InChI=1S/C19H13ClN4OS/c20-15-9-5-4-6-13(15)10-11-17(25)21-18-22-19-24(23-18)16(12-26-19)14-7-2-1-3-8-14/h1-12H,(H,21,23,25)/b11-10+. The van der Waals surface area contributed by atoms with Crippen molar-refractivity contribution in [2.75, 3.05) is 5.32 Å². The van der Waals surface area contributed by atoms with Gasteiger partial charge in [-0.05, 0) is 17.7 Å². The third-order valence-electron chi connectivity index (χ3n) is 3.71. The molecule has 0 aliphatic rings. The lowest BCUT2D eigenvalue weighted by Crippen LogP contribution is -2.09. The molecule has 5 nitrogen and oxygen atoms in total. The van der Waals surface area contributed by atoms with Crippen molar-refractivity contribution in [3.8, 4) is 11.3 Å². The Hall–Kier alpha value is -2.96. The first-order chi connectivity index (χ1) is 12.7. The lowest BCUT2D eigenvalue weighted by atomic mass is 10.2. The summed E-state index contributed by atoms with van der Waals surface area (Å²) in [5, 5.41) is 9.65. The molecule has 1 N–H and O–H groups in total. The average Bonchev–Trinajstić information content (AvgIpc) is 3.22. The fourth-order valence-corrected chi connectivity index (χ4v) is 3.50. The Balaban J connectivity index is 1.54. The number of aromatic nitrogens is 3. The first kappa shape index (κ1) is 16.5. The number of rotatable bonds is 4. The van der Waals surface area contributed by atoms with Crippen LogP contribution in [0.1, 0.15) is 5.56 Å². The topological polar surface area (TPSA) is 59.3 Å². The monoisotopic (exact) mass is 380 g/mol. The predicted octanol–water partition coefficient (Wildman–Crippen LogP) is 4.76. The molecule has 0 atom stereocenters. The summed E-state index contributed by atoms with van der Waals surface area (Å²) in [4.78, 5) is 17.2. The van der Waals surface area contributed by atoms with Gasteiger partial charge in [-0.15, -0.1) is 16.4 Å². The molecule has 0 unspecified atom stereocenters. The number of anilines is 1. The smallest absolute Gasteiger partial charge is 0.250 e. The van der Waals surface area contributed by atoms with E-state index >= 15 is 0 Å². The molecule has 0 saturated heterocycles. The van der Waals surface area contributed by atoms with E-state index in [4.69, 9.17) is 11.6 Å². The van der Waals surface area contributed by atoms with Gasteiger partial charge in [0.2, 0.25) is 4.96 Å². The second kappa shape index (κ2) is 7.11. The van der Waals surface area contributed by atoms with Crippen LogP contribution in [-0.2, 0) is 4.79 Å². The van der Waals surface area contributed by atoms with Crippen molar-refractivity contribution < 1.29 is 4.79 Å². The number of hydrogen-bond acceptors (Lipinski definition) is 4. The van der Waals surface area contributed by atoms with Gasteiger partial charge in [0.1, 0.15) is 0 Å². The van der Waals surface area contributed by atoms with Crippen molar-refractivity contribution in [1.29, 1.82) is 0 Å². The van der Waals surface area contributed by atoms with Crippen LogP contribution >= 0.6 is 22.9 Å². The first-order valence-electron chi connectivity index (χ1n) is 7.84. The fourth-order valence-electron chi connectivity index (χ4n) is 2.47. The molecule has 0 saturated carbocycles. The van der Waals surface area contributed by atoms with Gasteiger partial charge in [-0.25, -0.2) is 4.52 Å². The van der Waals surface area contributed by atoms with E-state index < -0.39 is 0 Å². The molecule has 7 heteroatoms. The van der Waals surface area contributed by atoms with Crippen LogP contribution in [-0.4, -0.2) is 20.5 Å². The zero-order valence-corrected chi connectivity index (χ0v) is 15.0. The third-order valence-corrected chi connectivity index (χ3v) is 4.87. The van der Waals surface area contributed by atoms with E-state index in [1.807, 2.05) is 53.9 Å². The molecule has 1 amide bonds. The number of benzene rings is 2. The van der Waals surface area contributed by atoms with E-state index in [0.29, 0.717) is 9.98 Å². The summed E-state index contributed by atoms with van der Waals surface area (Å²) in [6, 6.07) is 17.2. The van der Waals surface area contributed by atoms with Crippen LogP contribution in [0.2, 0.25) is 5.02 Å². The summed E-state index contributed by atoms with van der Waals surface area (Å²) in [5.74, 6) is -0.0488. The highest BCUT2D eigenvalue weighted by molar-refractivity contribution is 7.15. The van der Waals surface area contributed by atoms with Gasteiger partial charge in [0, 0.05) is 22.0 Å². The summed E-state index contributed by atoms with van der Waals surface area (Å²) in [6.07, 6.45) is 3.07. The number of halogens is 1. The number of nitrogens with one attached hydrogen (secondary N) is 1. The third kappa shape index (κ3) is 3.37. The maximum atomic E-state index is 12.1. The number of nitrogens with zero attached hydrogens (tertiary/aromatic N) is 3. The van der Waals surface area contributed by atoms with Gasteiger partial charge in [0.05, 0.1) is 5.69 Å². The molecule has 0 aliphatic heterocycles. The van der Waals surface area contributed by atoms with Crippen molar-refractivity contribution in [2.24, 2.45) is 0 Å². The Bertz CT molecular complexity index is 1100. The summed E-state index contributed by atoms with van der Waals surface area (Å²) in [7, 11) is 0. The Morgan fingerprint density at radius 2 is 1.88 bits per heavy atom. The van der Waals surface area contributed by atoms with Gasteiger partial charge in [-0.1, -0.05) is 60.1 Å². The molecule has 0 bridgehead atoms. The van der Waals surface area contributed by atoms with Crippen molar-refractivity contribution >= 4 is 45.8 Å². The number of hydrogen-bond donors (Lipinski definition) is 1. The second-order valence-corrected chi connectivity index (χ2v) is 6.70. The zero-order valence-electron chi connectivity index (χ0n) is 13.5. The summed E-state index contributed by atoms with van der Waals surface area (Å²) >= 11 is 7.54. The number of carbonyl (C=O) groups excluding carboxylic acids is 1. The maximum Gasteiger partial charge on any atom is 0.250 e. The molecule has 0 radical (unpaired) electrons. The van der Waals surface area contributed by atoms with Gasteiger partial charge in [-0.3, -0.25) is 10.1 Å². The minimum Gasteiger partial charge on any atom is -0.290 e. The fraction of sp³-hybridized carbons (Fsp3) is 0. The molecule has 2 aromatic heterocycles. The van der Waals surface area contributed by atoms with E-state index in [1.54, 1.807) is 16.7 Å². The summed E-state index contributed by atoms with van der Waals surface area (Å²) in [6.45, 7) is 0. The van der Waals surface area contributed by atoms with Gasteiger partial charge in [0.25, 0.3) is 11.9 Å². The molecule has 0 aliphatic carbocycles. The van der Waals surface area contributed by atoms with Crippen LogP contribution in [0.25, 0.3) is 22.3 Å². The van der Waals surface area contributed by atoms with Gasteiger partial charge >= 0.3 is 0 Å². The molecule has 4 rings (SSSR count). The van der Waals surface area contributed by atoms with E-state index in [0.717, 1.165) is 16.8 Å². The molecule has 0 spiro atoms. The number of thiazole rings is 1. The Morgan fingerprint density at radius 1 is 1.12 bits per heavy atom. The second-order valence-electron chi connectivity index (χ2n) is 5.46. The normalized spacial score (nSPS) is 11.3.